The minimum atomic E-state index is -0.231. The summed E-state index contributed by atoms with van der Waals surface area (Å²) in [5.74, 6) is 1.21. The van der Waals surface area contributed by atoms with Crippen LogP contribution in [0.15, 0.2) is 18.2 Å². The number of hydrogen-bond donors (Lipinski definition) is 0. The van der Waals surface area contributed by atoms with Crippen LogP contribution in [-0.2, 0) is 13.0 Å². The molecule has 18 heavy (non-hydrogen) atoms. The van der Waals surface area contributed by atoms with Gasteiger partial charge in [-0.05, 0) is 32.3 Å². The molecular weight excluding hydrogens is 253 g/mol. The summed E-state index contributed by atoms with van der Waals surface area (Å²) in [4.78, 5) is 6.61. The minimum absolute atomic E-state index is 0.231. The molecule has 0 radical (unpaired) electrons. The summed E-state index contributed by atoms with van der Waals surface area (Å²) in [7, 11) is 4.03. The average Bonchev–Trinajstić information content (AvgIpc) is 2.64. The molecule has 0 unspecified atom stereocenters. The number of likely N-dealkylation sites (N-methyl/N-ethyl adjacent to an activating group) is 1. The zero-order chi connectivity index (χ0) is 13.1. The molecule has 0 fully saturated rings. The highest BCUT2D eigenvalue weighted by Crippen LogP contribution is 2.18. The van der Waals surface area contributed by atoms with E-state index in [1.165, 1.54) is 12.1 Å². The highest BCUT2D eigenvalue weighted by Gasteiger charge is 2.11. The van der Waals surface area contributed by atoms with Gasteiger partial charge in [0.25, 0.3) is 0 Å². The first-order chi connectivity index (χ1) is 8.61. The molecule has 0 saturated carbocycles. The summed E-state index contributed by atoms with van der Waals surface area (Å²) in [5.41, 5.74) is 1.67. The molecule has 2 aromatic rings. The van der Waals surface area contributed by atoms with Gasteiger partial charge in [-0.25, -0.2) is 9.37 Å². The Balaban J connectivity index is 2.43. The van der Waals surface area contributed by atoms with Crippen LogP contribution in [0, 0.1) is 5.82 Å². The number of aromatic nitrogens is 2. The Morgan fingerprint density at radius 3 is 2.83 bits per heavy atom. The smallest absolute Gasteiger partial charge is 0.125 e. The van der Waals surface area contributed by atoms with E-state index in [1.54, 1.807) is 6.07 Å². The third kappa shape index (κ3) is 2.82. The topological polar surface area (TPSA) is 21.1 Å². The van der Waals surface area contributed by atoms with Crippen LogP contribution in [0.4, 0.5) is 4.39 Å². The molecule has 0 saturated heterocycles. The molecule has 5 heteroatoms. The fourth-order valence-electron chi connectivity index (χ4n) is 1.97. The van der Waals surface area contributed by atoms with Crippen molar-refractivity contribution in [2.45, 2.75) is 13.0 Å². The van der Waals surface area contributed by atoms with Crippen LogP contribution < -0.4 is 0 Å². The molecule has 0 aliphatic heterocycles. The van der Waals surface area contributed by atoms with Gasteiger partial charge in [0.1, 0.15) is 11.6 Å². The molecule has 1 aromatic carbocycles. The number of alkyl halides is 1. The lowest BCUT2D eigenvalue weighted by Gasteiger charge is -2.13. The predicted octanol–water partition coefficient (Wildman–Crippen LogP) is 2.52. The van der Waals surface area contributed by atoms with E-state index in [2.05, 4.69) is 14.5 Å². The van der Waals surface area contributed by atoms with Crippen molar-refractivity contribution < 1.29 is 4.39 Å². The normalized spacial score (nSPS) is 11.6. The van der Waals surface area contributed by atoms with Gasteiger partial charge in [-0.2, -0.15) is 0 Å². The van der Waals surface area contributed by atoms with Crippen molar-refractivity contribution in [3.05, 3.63) is 29.8 Å². The number of fused-ring (bicyclic) bond motifs is 1. The molecule has 0 spiro atoms. The number of benzene rings is 1. The van der Waals surface area contributed by atoms with Gasteiger partial charge in [-0.3, -0.25) is 0 Å². The monoisotopic (exact) mass is 269 g/mol. The molecule has 1 heterocycles. The van der Waals surface area contributed by atoms with Crippen molar-refractivity contribution in [1.82, 2.24) is 14.5 Å². The van der Waals surface area contributed by atoms with E-state index in [0.717, 1.165) is 29.9 Å². The van der Waals surface area contributed by atoms with E-state index in [1.807, 2.05) is 14.1 Å². The number of halogens is 2. The third-order valence-electron chi connectivity index (χ3n) is 2.88. The standard InChI is InChI=1S/C13H17ClFN3/c1-17(2)7-8-18-12-9-10(15)3-4-11(12)16-13(18)5-6-14/h3-4,9H,5-8H2,1-2H3. The number of nitrogens with zero attached hydrogens (tertiary/aromatic N) is 3. The van der Waals surface area contributed by atoms with Gasteiger partial charge in [0, 0.05) is 25.4 Å². The molecule has 0 aliphatic carbocycles. The van der Waals surface area contributed by atoms with Gasteiger partial charge >= 0.3 is 0 Å². The van der Waals surface area contributed by atoms with Gasteiger partial charge in [-0.15, -0.1) is 11.6 Å². The Hall–Kier alpha value is -1.13. The van der Waals surface area contributed by atoms with Crippen LogP contribution in [-0.4, -0.2) is 41.0 Å². The average molecular weight is 270 g/mol. The Bertz CT molecular complexity index is 536. The molecule has 98 valence electrons. The molecule has 0 atom stereocenters. The Morgan fingerprint density at radius 1 is 1.39 bits per heavy atom. The lowest BCUT2D eigenvalue weighted by molar-refractivity contribution is 0.383. The van der Waals surface area contributed by atoms with E-state index in [4.69, 9.17) is 11.6 Å². The van der Waals surface area contributed by atoms with Crippen LogP contribution >= 0.6 is 11.6 Å². The van der Waals surface area contributed by atoms with E-state index < -0.39 is 0 Å². The first-order valence-corrected chi connectivity index (χ1v) is 6.50. The molecular formula is C13H17ClFN3. The van der Waals surface area contributed by atoms with Crippen LogP contribution in [0.2, 0.25) is 0 Å². The number of aryl methyl sites for hydroxylation is 1. The van der Waals surface area contributed by atoms with E-state index in [-0.39, 0.29) is 5.82 Å². The highest BCUT2D eigenvalue weighted by molar-refractivity contribution is 6.17. The van der Waals surface area contributed by atoms with Crippen LogP contribution in [0.5, 0.6) is 0 Å². The van der Waals surface area contributed by atoms with Crippen molar-refractivity contribution >= 4 is 22.6 Å². The second-order valence-corrected chi connectivity index (χ2v) is 4.93. The Labute approximate surface area is 111 Å². The lowest BCUT2D eigenvalue weighted by atomic mass is 10.3. The van der Waals surface area contributed by atoms with Crippen LogP contribution in [0.1, 0.15) is 5.82 Å². The largest absolute Gasteiger partial charge is 0.327 e. The van der Waals surface area contributed by atoms with Gasteiger partial charge < -0.3 is 9.47 Å². The summed E-state index contributed by atoms with van der Waals surface area (Å²) in [5, 5.41) is 0. The summed E-state index contributed by atoms with van der Waals surface area (Å²) in [6.07, 6.45) is 0.700. The summed E-state index contributed by atoms with van der Waals surface area (Å²) in [6, 6.07) is 4.69. The molecule has 0 bridgehead atoms. The van der Waals surface area contributed by atoms with E-state index >= 15 is 0 Å². The maximum atomic E-state index is 13.3. The zero-order valence-electron chi connectivity index (χ0n) is 10.7. The SMILES string of the molecule is CN(C)CCn1c(CCCl)nc2ccc(F)cc21. The second kappa shape index (κ2) is 5.67. The fraction of sp³-hybridized carbons (Fsp3) is 0.462. The van der Waals surface area contributed by atoms with Gasteiger partial charge in [0.15, 0.2) is 0 Å². The quantitative estimate of drug-likeness (QED) is 0.778. The summed E-state index contributed by atoms with van der Waals surface area (Å²) in [6.45, 7) is 1.68. The first kappa shape index (κ1) is 13.3. The van der Waals surface area contributed by atoms with Crippen LogP contribution in [0.3, 0.4) is 0 Å². The molecule has 3 nitrogen and oxygen atoms in total. The second-order valence-electron chi connectivity index (χ2n) is 4.55. The molecule has 2 rings (SSSR count). The molecule has 1 aromatic heterocycles. The van der Waals surface area contributed by atoms with Crippen molar-refractivity contribution in [3.8, 4) is 0 Å². The minimum Gasteiger partial charge on any atom is -0.327 e. The number of hydrogen-bond acceptors (Lipinski definition) is 2. The first-order valence-electron chi connectivity index (χ1n) is 5.97. The van der Waals surface area contributed by atoms with Gasteiger partial charge in [0.05, 0.1) is 11.0 Å². The molecule has 0 amide bonds. The lowest BCUT2D eigenvalue weighted by Crippen LogP contribution is -2.19. The Morgan fingerprint density at radius 2 is 2.17 bits per heavy atom. The zero-order valence-corrected chi connectivity index (χ0v) is 11.4. The maximum Gasteiger partial charge on any atom is 0.125 e. The fourth-order valence-corrected chi connectivity index (χ4v) is 2.14. The van der Waals surface area contributed by atoms with E-state index in [9.17, 15) is 4.39 Å². The van der Waals surface area contributed by atoms with Crippen molar-refractivity contribution in [3.63, 3.8) is 0 Å². The number of imidazole rings is 1. The van der Waals surface area contributed by atoms with Crippen molar-refractivity contribution in [2.75, 3.05) is 26.5 Å². The third-order valence-corrected chi connectivity index (χ3v) is 3.07. The number of rotatable bonds is 5. The molecule has 0 N–H and O–H groups in total. The highest BCUT2D eigenvalue weighted by atomic mass is 35.5. The molecule has 0 aliphatic rings. The van der Waals surface area contributed by atoms with Crippen molar-refractivity contribution in [1.29, 1.82) is 0 Å². The predicted molar refractivity (Wildman–Crippen MR) is 72.7 cm³/mol. The maximum absolute atomic E-state index is 13.3. The van der Waals surface area contributed by atoms with Gasteiger partial charge in [-0.1, -0.05) is 0 Å². The van der Waals surface area contributed by atoms with Crippen LogP contribution in [0.25, 0.3) is 11.0 Å². The van der Waals surface area contributed by atoms with Gasteiger partial charge in [0.2, 0.25) is 0 Å². The van der Waals surface area contributed by atoms with E-state index in [0.29, 0.717) is 12.3 Å². The summed E-state index contributed by atoms with van der Waals surface area (Å²) < 4.78 is 15.4. The summed E-state index contributed by atoms with van der Waals surface area (Å²) >= 11 is 5.79. The Kier molecular flexibility index (Phi) is 4.19. The van der Waals surface area contributed by atoms with Crippen molar-refractivity contribution in [2.24, 2.45) is 0 Å².